The summed E-state index contributed by atoms with van der Waals surface area (Å²) >= 11 is 0. The van der Waals surface area contributed by atoms with E-state index in [-0.39, 0.29) is 0 Å². The summed E-state index contributed by atoms with van der Waals surface area (Å²) in [5, 5.41) is 0. The zero-order chi connectivity index (χ0) is 10.9. The first-order chi connectivity index (χ1) is 7.29. The first-order valence-corrected chi connectivity index (χ1v) is 5.08. The van der Waals surface area contributed by atoms with Crippen LogP contribution in [-0.2, 0) is 6.42 Å². The van der Waals surface area contributed by atoms with Crippen LogP contribution in [-0.4, -0.2) is 0 Å². The molecule has 1 aromatic carbocycles. The van der Waals surface area contributed by atoms with Gasteiger partial charge in [0.25, 0.3) is 0 Å². The van der Waals surface area contributed by atoms with Crippen molar-refractivity contribution in [3.8, 4) is 0 Å². The third kappa shape index (κ3) is 5.53. The second-order valence-corrected chi connectivity index (χ2v) is 3.41. The molecular formula is C14H17N. The minimum Gasteiger partial charge on any atom is -0.402 e. The molecule has 15 heavy (non-hydrogen) atoms. The van der Waals surface area contributed by atoms with E-state index in [9.17, 15) is 0 Å². The third-order valence-electron chi connectivity index (χ3n) is 1.96. The van der Waals surface area contributed by atoms with Crippen LogP contribution >= 0.6 is 0 Å². The molecule has 1 nitrogen and oxygen atoms in total. The summed E-state index contributed by atoms with van der Waals surface area (Å²) < 4.78 is 0. The van der Waals surface area contributed by atoms with Crippen LogP contribution in [0.2, 0.25) is 0 Å². The fourth-order valence-electron chi connectivity index (χ4n) is 1.19. The van der Waals surface area contributed by atoms with Gasteiger partial charge < -0.3 is 5.73 Å². The monoisotopic (exact) mass is 199 g/mol. The number of benzene rings is 1. The Kier molecular flexibility index (Phi) is 5.02. The molecule has 0 bridgehead atoms. The topological polar surface area (TPSA) is 26.0 Å². The molecule has 2 N–H and O–H groups in total. The van der Waals surface area contributed by atoms with E-state index < -0.39 is 0 Å². The lowest BCUT2D eigenvalue weighted by Crippen LogP contribution is -1.90. The molecular weight excluding hydrogens is 182 g/mol. The molecule has 0 heterocycles. The highest BCUT2D eigenvalue weighted by atomic mass is 14.5. The van der Waals surface area contributed by atoms with Crippen LogP contribution in [0.3, 0.4) is 0 Å². The van der Waals surface area contributed by atoms with Crippen molar-refractivity contribution in [3.63, 3.8) is 0 Å². The summed E-state index contributed by atoms with van der Waals surface area (Å²) in [4.78, 5) is 0. The fraction of sp³-hybridized carbons (Fsp3) is 0.143. The molecule has 0 unspecified atom stereocenters. The number of allylic oxidation sites excluding steroid dienone is 4. The summed E-state index contributed by atoms with van der Waals surface area (Å²) in [7, 11) is 0. The van der Waals surface area contributed by atoms with Gasteiger partial charge in [-0.1, -0.05) is 61.2 Å². The van der Waals surface area contributed by atoms with E-state index in [2.05, 4.69) is 36.9 Å². The van der Waals surface area contributed by atoms with Crippen molar-refractivity contribution in [2.75, 3.05) is 0 Å². The van der Waals surface area contributed by atoms with E-state index in [4.69, 9.17) is 5.73 Å². The highest BCUT2D eigenvalue weighted by molar-refractivity contribution is 5.18. The molecule has 1 rings (SSSR count). The van der Waals surface area contributed by atoms with Gasteiger partial charge >= 0.3 is 0 Å². The van der Waals surface area contributed by atoms with Gasteiger partial charge in [0.1, 0.15) is 0 Å². The molecule has 0 aliphatic carbocycles. The number of rotatable bonds is 5. The molecule has 0 radical (unpaired) electrons. The van der Waals surface area contributed by atoms with Crippen molar-refractivity contribution in [1.29, 1.82) is 0 Å². The molecule has 78 valence electrons. The minimum absolute atomic E-state index is 0.697. The van der Waals surface area contributed by atoms with Crippen LogP contribution in [0.4, 0.5) is 0 Å². The van der Waals surface area contributed by atoms with Crippen molar-refractivity contribution in [3.05, 3.63) is 72.5 Å². The zero-order valence-corrected chi connectivity index (χ0v) is 8.89. The van der Waals surface area contributed by atoms with Gasteiger partial charge in [0.2, 0.25) is 0 Å². The van der Waals surface area contributed by atoms with E-state index >= 15 is 0 Å². The van der Waals surface area contributed by atoms with Crippen LogP contribution in [0.5, 0.6) is 0 Å². The van der Waals surface area contributed by atoms with Crippen molar-refractivity contribution >= 4 is 0 Å². The molecule has 0 aliphatic rings. The molecule has 0 spiro atoms. The highest BCUT2D eigenvalue weighted by Gasteiger charge is 1.84. The molecule has 0 amide bonds. The lowest BCUT2D eigenvalue weighted by Gasteiger charge is -1.92. The van der Waals surface area contributed by atoms with Crippen molar-refractivity contribution in [2.24, 2.45) is 5.73 Å². The lowest BCUT2D eigenvalue weighted by atomic mass is 10.1. The van der Waals surface area contributed by atoms with Gasteiger partial charge in [-0.15, -0.1) is 0 Å². The smallest absolute Gasteiger partial charge is 0.00463 e. The first kappa shape index (κ1) is 11.3. The Morgan fingerprint density at radius 3 is 2.47 bits per heavy atom. The average Bonchev–Trinajstić information content (AvgIpc) is 2.24. The Bertz CT molecular complexity index is 347. The molecule has 0 saturated carbocycles. The summed E-state index contributed by atoms with van der Waals surface area (Å²) in [6, 6.07) is 10.4. The molecule has 0 saturated heterocycles. The van der Waals surface area contributed by atoms with Crippen LogP contribution in [0, 0.1) is 0 Å². The SMILES string of the molecule is C=C(N)C/C=C\C=C/Cc1ccccc1. The van der Waals surface area contributed by atoms with Gasteiger partial charge in [0.15, 0.2) is 0 Å². The summed E-state index contributed by atoms with van der Waals surface area (Å²) in [6.45, 7) is 3.62. The Hall–Kier alpha value is -1.76. The fourth-order valence-corrected chi connectivity index (χ4v) is 1.19. The van der Waals surface area contributed by atoms with Crippen molar-refractivity contribution in [2.45, 2.75) is 12.8 Å². The molecule has 1 heteroatoms. The lowest BCUT2D eigenvalue weighted by molar-refractivity contribution is 1.18. The number of hydrogen-bond acceptors (Lipinski definition) is 1. The normalized spacial score (nSPS) is 11.2. The Morgan fingerprint density at radius 2 is 1.80 bits per heavy atom. The number of nitrogens with two attached hydrogens (primary N) is 1. The maximum absolute atomic E-state index is 5.43. The quantitative estimate of drug-likeness (QED) is 0.724. The Balaban J connectivity index is 2.28. The molecule has 0 atom stereocenters. The highest BCUT2D eigenvalue weighted by Crippen LogP contribution is 2.00. The van der Waals surface area contributed by atoms with Gasteiger partial charge in [-0.25, -0.2) is 0 Å². The predicted octanol–water partition coefficient (Wildman–Crippen LogP) is 3.20. The maximum Gasteiger partial charge on any atom is 0.00463 e. The maximum atomic E-state index is 5.43. The standard InChI is InChI=1S/C14H17N/c1-13(15)9-5-2-3-6-10-14-11-7-4-8-12-14/h2-8,11-12H,1,9-10,15H2/b5-2-,6-3-. The van der Waals surface area contributed by atoms with Crippen molar-refractivity contribution in [1.82, 2.24) is 0 Å². The average molecular weight is 199 g/mol. The van der Waals surface area contributed by atoms with E-state index in [0.717, 1.165) is 12.8 Å². The third-order valence-corrected chi connectivity index (χ3v) is 1.96. The van der Waals surface area contributed by atoms with Crippen molar-refractivity contribution < 1.29 is 0 Å². The Labute approximate surface area is 91.6 Å². The van der Waals surface area contributed by atoms with E-state index in [1.54, 1.807) is 0 Å². The zero-order valence-electron chi connectivity index (χ0n) is 8.89. The van der Waals surface area contributed by atoms with E-state index in [1.807, 2.05) is 24.3 Å². The summed E-state index contributed by atoms with van der Waals surface area (Å²) in [5.74, 6) is 0. The number of hydrogen-bond donors (Lipinski definition) is 1. The summed E-state index contributed by atoms with van der Waals surface area (Å²) in [5.41, 5.74) is 7.45. The van der Waals surface area contributed by atoms with Crippen LogP contribution in [0.25, 0.3) is 0 Å². The van der Waals surface area contributed by atoms with Gasteiger partial charge in [-0.05, 0) is 12.0 Å². The molecule has 0 aromatic heterocycles. The predicted molar refractivity (Wildman–Crippen MR) is 66.4 cm³/mol. The Morgan fingerprint density at radius 1 is 1.13 bits per heavy atom. The van der Waals surface area contributed by atoms with Crippen LogP contribution in [0.1, 0.15) is 12.0 Å². The van der Waals surface area contributed by atoms with Gasteiger partial charge in [-0.2, -0.15) is 0 Å². The van der Waals surface area contributed by atoms with Gasteiger partial charge in [0, 0.05) is 12.1 Å². The largest absolute Gasteiger partial charge is 0.402 e. The van der Waals surface area contributed by atoms with Crippen LogP contribution in [0.15, 0.2) is 66.9 Å². The van der Waals surface area contributed by atoms with Gasteiger partial charge in [-0.3, -0.25) is 0 Å². The molecule has 1 aromatic rings. The van der Waals surface area contributed by atoms with E-state index in [0.29, 0.717) is 5.70 Å². The second-order valence-electron chi connectivity index (χ2n) is 3.41. The van der Waals surface area contributed by atoms with Crippen LogP contribution < -0.4 is 5.73 Å². The first-order valence-electron chi connectivity index (χ1n) is 5.08. The van der Waals surface area contributed by atoms with Gasteiger partial charge in [0.05, 0.1) is 0 Å². The molecule has 0 aliphatic heterocycles. The minimum atomic E-state index is 0.697. The molecule has 0 fully saturated rings. The second kappa shape index (κ2) is 6.66. The summed E-state index contributed by atoms with van der Waals surface area (Å²) in [6.07, 6.45) is 9.89. The van der Waals surface area contributed by atoms with E-state index in [1.165, 1.54) is 5.56 Å².